The highest BCUT2D eigenvalue weighted by Gasteiger charge is 2.16. The molecule has 0 aliphatic rings. The molecule has 21 heavy (non-hydrogen) atoms. The summed E-state index contributed by atoms with van der Waals surface area (Å²) in [5, 5.41) is 0. The van der Waals surface area contributed by atoms with E-state index in [2.05, 4.69) is 6.92 Å². The molecule has 0 atom stereocenters. The van der Waals surface area contributed by atoms with Crippen LogP contribution in [0.1, 0.15) is 62.2 Å². The molecule has 0 saturated carbocycles. The van der Waals surface area contributed by atoms with E-state index >= 15 is 0 Å². The zero-order valence-corrected chi connectivity index (χ0v) is 12.5. The van der Waals surface area contributed by atoms with Crippen molar-refractivity contribution in [2.24, 2.45) is 0 Å². The predicted octanol–water partition coefficient (Wildman–Crippen LogP) is 4.45. The fourth-order valence-electron chi connectivity index (χ4n) is 2.02. The summed E-state index contributed by atoms with van der Waals surface area (Å²) in [7, 11) is 0. The lowest BCUT2D eigenvalue weighted by Crippen LogP contribution is -2.10. The average molecular weight is 299 g/mol. The van der Waals surface area contributed by atoms with Crippen molar-refractivity contribution in [2.45, 2.75) is 51.9 Å². The largest absolute Gasteiger partial charge is 0.462 e. The Balaban J connectivity index is 2.27. The lowest BCUT2D eigenvalue weighted by atomic mass is 10.1. The van der Waals surface area contributed by atoms with Crippen LogP contribution >= 0.6 is 0 Å². The second-order valence-corrected chi connectivity index (χ2v) is 5.11. The van der Waals surface area contributed by atoms with Crippen LogP contribution in [-0.4, -0.2) is 12.6 Å². The van der Waals surface area contributed by atoms with E-state index in [4.69, 9.17) is 10.5 Å². The monoisotopic (exact) mass is 299 g/mol. The summed E-state index contributed by atoms with van der Waals surface area (Å²) < 4.78 is 31.4. The standard InChI is InChI=1S/C16H23F2NO2/c1-2-3-4-5-6-7-8-9-21-16(20)12-10-15(19)14(18)11-13(12)17/h10-11H,2-9,19H2,1H3. The fourth-order valence-corrected chi connectivity index (χ4v) is 2.02. The Kier molecular flexibility index (Phi) is 7.72. The first-order chi connectivity index (χ1) is 10.1. The Morgan fingerprint density at radius 2 is 1.67 bits per heavy atom. The van der Waals surface area contributed by atoms with Crippen LogP contribution in [0.4, 0.5) is 14.5 Å². The van der Waals surface area contributed by atoms with Crippen molar-refractivity contribution in [2.75, 3.05) is 12.3 Å². The van der Waals surface area contributed by atoms with Gasteiger partial charge >= 0.3 is 5.97 Å². The molecule has 0 heterocycles. The highest BCUT2D eigenvalue weighted by molar-refractivity contribution is 5.90. The van der Waals surface area contributed by atoms with Crippen LogP contribution < -0.4 is 5.73 Å². The maximum absolute atomic E-state index is 13.4. The smallest absolute Gasteiger partial charge is 0.341 e. The molecular formula is C16H23F2NO2. The molecule has 0 bridgehead atoms. The number of hydrogen-bond acceptors (Lipinski definition) is 3. The van der Waals surface area contributed by atoms with Gasteiger partial charge in [-0.3, -0.25) is 0 Å². The van der Waals surface area contributed by atoms with E-state index in [1.165, 1.54) is 25.7 Å². The minimum Gasteiger partial charge on any atom is -0.462 e. The summed E-state index contributed by atoms with van der Waals surface area (Å²) in [6, 6.07) is 1.57. The minimum absolute atomic E-state index is 0.239. The normalized spacial score (nSPS) is 10.6. The van der Waals surface area contributed by atoms with E-state index in [0.29, 0.717) is 6.07 Å². The van der Waals surface area contributed by atoms with Gasteiger partial charge in [0.25, 0.3) is 0 Å². The molecule has 118 valence electrons. The molecule has 2 N–H and O–H groups in total. The van der Waals surface area contributed by atoms with Crippen LogP contribution in [0.25, 0.3) is 0 Å². The van der Waals surface area contributed by atoms with Crippen molar-refractivity contribution in [1.29, 1.82) is 0 Å². The summed E-state index contributed by atoms with van der Waals surface area (Å²) in [6.07, 6.45) is 7.71. The van der Waals surface area contributed by atoms with Gasteiger partial charge in [0.2, 0.25) is 0 Å². The van der Waals surface area contributed by atoms with E-state index in [1.54, 1.807) is 0 Å². The number of nitrogens with two attached hydrogens (primary N) is 1. The number of unbranched alkanes of at least 4 members (excludes halogenated alkanes) is 6. The third kappa shape index (κ3) is 6.10. The van der Waals surface area contributed by atoms with Crippen LogP contribution in [0.15, 0.2) is 12.1 Å². The number of hydrogen-bond donors (Lipinski definition) is 1. The van der Waals surface area contributed by atoms with Gasteiger partial charge in [0.15, 0.2) is 0 Å². The van der Waals surface area contributed by atoms with Gasteiger partial charge in [-0.2, -0.15) is 0 Å². The van der Waals surface area contributed by atoms with Crippen LogP contribution in [-0.2, 0) is 4.74 Å². The number of benzene rings is 1. The molecule has 1 aromatic rings. The van der Waals surface area contributed by atoms with Gasteiger partial charge < -0.3 is 10.5 Å². The Hall–Kier alpha value is -1.65. The number of halogens is 2. The number of rotatable bonds is 9. The topological polar surface area (TPSA) is 52.3 Å². The summed E-state index contributed by atoms with van der Waals surface area (Å²) in [5.41, 5.74) is 4.73. The van der Waals surface area contributed by atoms with Gasteiger partial charge in [0.05, 0.1) is 17.9 Å². The first-order valence-corrected chi connectivity index (χ1v) is 7.48. The third-order valence-electron chi connectivity index (χ3n) is 3.29. The lowest BCUT2D eigenvalue weighted by molar-refractivity contribution is 0.0492. The van der Waals surface area contributed by atoms with Crippen LogP contribution in [0, 0.1) is 11.6 Å². The molecule has 0 radical (unpaired) electrons. The molecule has 1 aromatic carbocycles. The Morgan fingerprint density at radius 1 is 1.05 bits per heavy atom. The molecular weight excluding hydrogens is 276 g/mol. The van der Waals surface area contributed by atoms with Crippen LogP contribution in [0.3, 0.4) is 0 Å². The zero-order chi connectivity index (χ0) is 15.7. The van der Waals surface area contributed by atoms with Gasteiger partial charge in [-0.1, -0.05) is 45.4 Å². The van der Waals surface area contributed by atoms with Gasteiger partial charge in [0.1, 0.15) is 11.6 Å². The molecule has 0 amide bonds. The fraction of sp³-hybridized carbons (Fsp3) is 0.562. The second-order valence-electron chi connectivity index (χ2n) is 5.11. The minimum atomic E-state index is -0.953. The Labute approximate surface area is 124 Å². The summed E-state index contributed by atoms with van der Waals surface area (Å²) in [4.78, 5) is 11.7. The van der Waals surface area contributed by atoms with Crippen molar-refractivity contribution in [3.05, 3.63) is 29.3 Å². The second kappa shape index (κ2) is 9.32. The van der Waals surface area contributed by atoms with Crippen molar-refractivity contribution < 1.29 is 18.3 Å². The summed E-state index contributed by atoms with van der Waals surface area (Å²) in [6.45, 7) is 2.41. The molecule has 3 nitrogen and oxygen atoms in total. The first-order valence-electron chi connectivity index (χ1n) is 7.48. The highest BCUT2D eigenvalue weighted by Crippen LogP contribution is 2.17. The molecule has 0 aliphatic heterocycles. The van der Waals surface area contributed by atoms with E-state index in [-0.39, 0.29) is 17.9 Å². The molecule has 0 saturated heterocycles. The van der Waals surface area contributed by atoms with Crippen molar-refractivity contribution in [1.82, 2.24) is 0 Å². The maximum atomic E-state index is 13.4. The molecule has 0 unspecified atom stereocenters. The quantitative estimate of drug-likeness (QED) is 0.416. The zero-order valence-electron chi connectivity index (χ0n) is 12.5. The molecule has 0 fully saturated rings. The van der Waals surface area contributed by atoms with E-state index in [9.17, 15) is 13.6 Å². The molecule has 1 rings (SSSR count). The Bertz CT molecular complexity index is 464. The van der Waals surface area contributed by atoms with Gasteiger partial charge in [0, 0.05) is 6.07 Å². The molecule has 0 spiro atoms. The van der Waals surface area contributed by atoms with Crippen molar-refractivity contribution in [3.8, 4) is 0 Å². The van der Waals surface area contributed by atoms with Crippen LogP contribution in [0.2, 0.25) is 0 Å². The number of nitrogen functional groups attached to an aromatic ring is 1. The van der Waals surface area contributed by atoms with Gasteiger partial charge in [-0.15, -0.1) is 0 Å². The van der Waals surface area contributed by atoms with Gasteiger partial charge in [-0.05, 0) is 12.5 Å². The average Bonchev–Trinajstić information content (AvgIpc) is 2.45. The van der Waals surface area contributed by atoms with Crippen LogP contribution in [0.5, 0.6) is 0 Å². The highest BCUT2D eigenvalue weighted by atomic mass is 19.1. The summed E-state index contributed by atoms with van der Waals surface area (Å²) in [5.74, 6) is -2.63. The Morgan fingerprint density at radius 3 is 2.33 bits per heavy atom. The number of anilines is 1. The van der Waals surface area contributed by atoms with Crippen molar-refractivity contribution >= 4 is 11.7 Å². The number of carbonyl (C=O) groups excluding carboxylic acids is 1. The molecule has 0 aromatic heterocycles. The van der Waals surface area contributed by atoms with E-state index in [0.717, 1.165) is 25.3 Å². The predicted molar refractivity (Wildman–Crippen MR) is 79.0 cm³/mol. The molecule has 5 heteroatoms. The summed E-state index contributed by atoms with van der Waals surface area (Å²) >= 11 is 0. The maximum Gasteiger partial charge on any atom is 0.341 e. The van der Waals surface area contributed by atoms with Gasteiger partial charge in [-0.25, -0.2) is 13.6 Å². The number of esters is 1. The number of carbonyl (C=O) groups is 1. The first kappa shape index (κ1) is 17.4. The lowest BCUT2D eigenvalue weighted by Gasteiger charge is -2.07. The SMILES string of the molecule is CCCCCCCCCOC(=O)c1cc(N)c(F)cc1F. The number of ether oxygens (including phenoxy) is 1. The molecule has 0 aliphatic carbocycles. The van der Waals surface area contributed by atoms with E-state index < -0.39 is 17.6 Å². The van der Waals surface area contributed by atoms with Crippen molar-refractivity contribution in [3.63, 3.8) is 0 Å². The van der Waals surface area contributed by atoms with E-state index in [1.807, 2.05) is 0 Å². The third-order valence-corrected chi connectivity index (χ3v) is 3.29.